The summed E-state index contributed by atoms with van der Waals surface area (Å²) in [6.45, 7) is 3.23. The molecule has 4 heteroatoms. The first-order chi connectivity index (χ1) is 6.49. The van der Waals surface area contributed by atoms with Crippen molar-refractivity contribution in [3.05, 3.63) is 22.8 Å². The smallest absolute Gasteiger partial charge is 0.180 e. The van der Waals surface area contributed by atoms with Gasteiger partial charge in [0.2, 0.25) is 0 Å². The van der Waals surface area contributed by atoms with Crippen LogP contribution in [-0.4, -0.2) is 22.5 Å². The topological polar surface area (TPSA) is 83.6 Å². The Labute approximate surface area is 82.0 Å². The average molecular weight is 195 g/mol. The number of aromatic hydroxyl groups is 2. The van der Waals surface area contributed by atoms with Gasteiger partial charge in [-0.1, -0.05) is 0 Å². The van der Waals surface area contributed by atoms with Crippen LogP contribution >= 0.6 is 0 Å². The van der Waals surface area contributed by atoms with Crippen molar-refractivity contribution in [3.63, 3.8) is 0 Å². The summed E-state index contributed by atoms with van der Waals surface area (Å²) in [5, 5.41) is 18.9. The fourth-order valence-electron chi connectivity index (χ4n) is 1.21. The summed E-state index contributed by atoms with van der Waals surface area (Å²) in [4.78, 5) is 11.3. The molecule has 0 atom stereocenters. The van der Waals surface area contributed by atoms with E-state index in [1.54, 1.807) is 13.8 Å². The van der Waals surface area contributed by atoms with E-state index in [1.807, 2.05) is 0 Å². The van der Waals surface area contributed by atoms with Gasteiger partial charge in [0.15, 0.2) is 17.3 Å². The lowest BCUT2D eigenvalue weighted by atomic mass is 10.0. The van der Waals surface area contributed by atoms with Gasteiger partial charge in [0.1, 0.15) is 0 Å². The van der Waals surface area contributed by atoms with Crippen molar-refractivity contribution in [1.29, 1.82) is 0 Å². The molecule has 1 aromatic carbocycles. The Kier molecular flexibility index (Phi) is 2.76. The van der Waals surface area contributed by atoms with Gasteiger partial charge < -0.3 is 15.9 Å². The van der Waals surface area contributed by atoms with Gasteiger partial charge in [-0.25, -0.2) is 0 Å². The number of hydrogen-bond acceptors (Lipinski definition) is 4. The number of benzene rings is 1. The SMILES string of the molecule is Cc1cc(C(=O)CN)c(O)c(O)c1C. The molecule has 0 spiro atoms. The molecule has 0 heterocycles. The van der Waals surface area contributed by atoms with Gasteiger partial charge in [-0.3, -0.25) is 4.79 Å². The first-order valence-electron chi connectivity index (χ1n) is 4.24. The van der Waals surface area contributed by atoms with Gasteiger partial charge in [-0.15, -0.1) is 0 Å². The fourth-order valence-corrected chi connectivity index (χ4v) is 1.21. The molecule has 0 saturated heterocycles. The third-order valence-corrected chi connectivity index (χ3v) is 2.27. The van der Waals surface area contributed by atoms with E-state index in [4.69, 9.17) is 5.73 Å². The molecule has 0 aliphatic rings. The minimum Gasteiger partial charge on any atom is -0.504 e. The molecule has 1 rings (SSSR count). The van der Waals surface area contributed by atoms with Crippen LogP contribution in [-0.2, 0) is 0 Å². The molecule has 1 aromatic rings. The summed E-state index contributed by atoms with van der Waals surface area (Å²) in [5.41, 5.74) is 6.56. The Hall–Kier alpha value is -1.55. The molecular formula is C10H13NO3. The maximum Gasteiger partial charge on any atom is 0.180 e. The molecule has 0 bridgehead atoms. The van der Waals surface area contributed by atoms with Crippen LogP contribution < -0.4 is 5.73 Å². The lowest BCUT2D eigenvalue weighted by molar-refractivity contribution is 0.0998. The highest BCUT2D eigenvalue weighted by molar-refractivity contribution is 6.01. The molecule has 0 aromatic heterocycles. The van der Waals surface area contributed by atoms with Crippen molar-refractivity contribution in [3.8, 4) is 11.5 Å². The third kappa shape index (κ3) is 1.56. The molecule has 0 aliphatic heterocycles. The number of phenolic OH excluding ortho intramolecular Hbond substituents is 2. The van der Waals surface area contributed by atoms with Crippen molar-refractivity contribution >= 4 is 5.78 Å². The molecule has 0 fully saturated rings. The maximum absolute atomic E-state index is 11.3. The van der Waals surface area contributed by atoms with E-state index in [1.165, 1.54) is 6.07 Å². The van der Waals surface area contributed by atoms with Crippen molar-refractivity contribution in [2.75, 3.05) is 6.54 Å². The van der Waals surface area contributed by atoms with E-state index in [-0.39, 0.29) is 29.4 Å². The summed E-state index contributed by atoms with van der Waals surface area (Å²) in [5.74, 6) is -1.02. The number of ketones is 1. The first-order valence-corrected chi connectivity index (χ1v) is 4.24. The Morgan fingerprint density at radius 3 is 2.43 bits per heavy atom. The maximum atomic E-state index is 11.3. The second kappa shape index (κ2) is 3.67. The van der Waals surface area contributed by atoms with Crippen molar-refractivity contribution in [1.82, 2.24) is 0 Å². The van der Waals surface area contributed by atoms with Gasteiger partial charge in [-0.2, -0.15) is 0 Å². The molecule has 14 heavy (non-hydrogen) atoms. The Morgan fingerprint density at radius 1 is 1.36 bits per heavy atom. The summed E-state index contributed by atoms with van der Waals surface area (Å²) in [6, 6.07) is 1.53. The minimum absolute atomic E-state index is 0.0769. The molecular weight excluding hydrogens is 182 g/mol. The standard InChI is InChI=1S/C10H13NO3/c1-5-3-7(8(12)4-11)10(14)9(13)6(5)2/h3,13-14H,4,11H2,1-2H3. The number of rotatable bonds is 2. The molecule has 0 saturated carbocycles. The van der Waals surface area contributed by atoms with Crippen molar-refractivity contribution in [2.45, 2.75) is 13.8 Å². The highest BCUT2D eigenvalue weighted by Gasteiger charge is 2.16. The second-order valence-corrected chi connectivity index (χ2v) is 3.19. The van der Waals surface area contributed by atoms with Gasteiger partial charge in [0.25, 0.3) is 0 Å². The van der Waals surface area contributed by atoms with E-state index in [2.05, 4.69) is 0 Å². The van der Waals surface area contributed by atoms with Crippen LogP contribution in [0.15, 0.2) is 6.07 Å². The van der Waals surface area contributed by atoms with E-state index >= 15 is 0 Å². The number of phenols is 2. The predicted molar refractivity (Wildman–Crippen MR) is 52.6 cm³/mol. The number of carbonyl (C=O) groups excluding carboxylic acids is 1. The van der Waals surface area contributed by atoms with Gasteiger partial charge in [-0.05, 0) is 31.0 Å². The number of nitrogens with two attached hydrogens (primary N) is 1. The molecule has 0 aliphatic carbocycles. The van der Waals surface area contributed by atoms with Crippen LogP contribution in [0.2, 0.25) is 0 Å². The van der Waals surface area contributed by atoms with Gasteiger partial charge >= 0.3 is 0 Å². The van der Waals surface area contributed by atoms with Crippen LogP contribution in [0.1, 0.15) is 21.5 Å². The van der Waals surface area contributed by atoms with E-state index in [0.717, 1.165) is 5.56 Å². The summed E-state index contributed by atoms with van der Waals surface area (Å²) in [7, 11) is 0. The quantitative estimate of drug-likeness (QED) is 0.482. The third-order valence-electron chi connectivity index (χ3n) is 2.27. The minimum atomic E-state index is -0.388. The zero-order chi connectivity index (χ0) is 10.9. The zero-order valence-corrected chi connectivity index (χ0v) is 8.16. The molecule has 0 radical (unpaired) electrons. The molecule has 0 amide bonds. The monoisotopic (exact) mass is 195 g/mol. The van der Waals surface area contributed by atoms with Crippen LogP contribution in [0.5, 0.6) is 11.5 Å². The predicted octanol–water partition coefficient (Wildman–Crippen LogP) is 0.856. The molecule has 76 valence electrons. The first kappa shape index (κ1) is 10.5. The van der Waals surface area contributed by atoms with Crippen LogP contribution in [0.25, 0.3) is 0 Å². The average Bonchev–Trinajstić information content (AvgIpc) is 2.19. The Balaban J connectivity index is 3.40. The van der Waals surface area contributed by atoms with Crippen LogP contribution in [0, 0.1) is 13.8 Å². The number of aryl methyl sites for hydroxylation is 1. The zero-order valence-electron chi connectivity index (χ0n) is 8.16. The van der Waals surface area contributed by atoms with E-state index < -0.39 is 0 Å². The second-order valence-electron chi connectivity index (χ2n) is 3.19. The Morgan fingerprint density at radius 2 is 1.93 bits per heavy atom. The Bertz CT molecular complexity index is 385. The summed E-state index contributed by atoms with van der Waals surface area (Å²) < 4.78 is 0. The fraction of sp³-hybridized carbons (Fsp3) is 0.300. The lowest BCUT2D eigenvalue weighted by Crippen LogP contribution is -2.14. The highest BCUT2D eigenvalue weighted by Crippen LogP contribution is 2.34. The summed E-state index contributed by atoms with van der Waals surface area (Å²) in [6.07, 6.45) is 0. The lowest BCUT2D eigenvalue weighted by Gasteiger charge is -2.09. The van der Waals surface area contributed by atoms with E-state index in [0.29, 0.717) is 5.56 Å². The van der Waals surface area contributed by atoms with Crippen molar-refractivity contribution in [2.24, 2.45) is 5.73 Å². The molecule has 4 nitrogen and oxygen atoms in total. The largest absolute Gasteiger partial charge is 0.504 e. The number of hydrogen-bond donors (Lipinski definition) is 3. The molecule has 4 N–H and O–H groups in total. The summed E-state index contributed by atoms with van der Waals surface area (Å²) >= 11 is 0. The van der Waals surface area contributed by atoms with Gasteiger partial charge in [0, 0.05) is 0 Å². The van der Waals surface area contributed by atoms with Crippen LogP contribution in [0.4, 0.5) is 0 Å². The number of carbonyl (C=O) groups is 1. The van der Waals surface area contributed by atoms with Gasteiger partial charge in [0.05, 0.1) is 12.1 Å². The van der Waals surface area contributed by atoms with E-state index in [9.17, 15) is 15.0 Å². The normalized spacial score (nSPS) is 10.2. The highest BCUT2D eigenvalue weighted by atomic mass is 16.3. The molecule has 0 unspecified atom stereocenters. The van der Waals surface area contributed by atoms with Crippen molar-refractivity contribution < 1.29 is 15.0 Å². The van der Waals surface area contributed by atoms with Crippen LogP contribution in [0.3, 0.4) is 0 Å². The number of Topliss-reactive ketones (excluding diaryl/α,β-unsaturated/α-hetero) is 1.